The monoisotopic (exact) mass is 284 g/mol. The molecule has 0 radical (unpaired) electrons. The largest absolute Gasteiger partial charge is 0.329 e. The summed E-state index contributed by atoms with van der Waals surface area (Å²) in [6, 6.07) is 7.32. The molecule has 0 saturated carbocycles. The van der Waals surface area contributed by atoms with Gasteiger partial charge in [0.05, 0.1) is 5.25 Å². The third-order valence-electron chi connectivity index (χ3n) is 2.67. The quantitative estimate of drug-likeness (QED) is 0.917. The van der Waals surface area contributed by atoms with Crippen LogP contribution in [0.1, 0.15) is 5.56 Å². The van der Waals surface area contributed by atoms with Crippen molar-refractivity contribution in [3.8, 4) is 0 Å². The lowest BCUT2D eigenvalue weighted by atomic mass is 10.1. The van der Waals surface area contributed by atoms with Gasteiger partial charge in [0.2, 0.25) is 5.91 Å². The van der Waals surface area contributed by atoms with Crippen molar-refractivity contribution in [2.75, 3.05) is 13.1 Å². The lowest BCUT2D eigenvalue weighted by molar-refractivity contribution is -0.126. The minimum absolute atomic E-state index is 0.157. The van der Waals surface area contributed by atoms with Crippen molar-refractivity contribution in [1.82, 2.24) is 4.90 Å². The van der Waals surface area contributed by atoms with Crippen molar-refractivity contribution in [3.05, 3.63) is 34.9 Å². The number of rotatable bonds is 4. The summed E-state index contributed by atoms with van der Waals surface area (Å²) >= 11 is 6.95. The van der Waals surface area contributed by atoms with E-state index < -0.39 is 0 Å². The van der Waals surface area contributed by atoms with Crippen LogP contribution in [0, 0.1) is 0 Å². The first-order valence-electron chi connectivity index (χ1n) is 5.58. The predicted octanol–water partition coefficient (Wildman–Crippen LogP) is 1.91. The molecule has 96 valence electrons. The first-order chi connectivity index (χ1) is 8.61. The maximum Gasteiger partial charge on any atom is 0.289 e. The number of hydrogen-bond donors (Lipinski definition) is 1. The molecule has 0 bridgehead atoms. The number of halogens is 1. The van der Waals surface area contributed by atoms with Crippen LogP contribution in [0.25, 0.3) is 0 Å². The van der Waals surface area contributed by atoms with Crippen molar-refractivity contribution in [2.24, 2.45) is 5.73 Å². The maximum atomic E-state index is 12.0. The van der Waals surface area contributed by atoms with E-state index >= 15 is 0 Å². The number of hydrogen-bond acceptors (Lipinski definition) is 4. The van der Waals surface area contributed by atoms with Crippen LogP contribution in [0.15, 0.2) is 24.3 Å². The summed E-state index contributed by atoms with van der Waals surface area (Å²) < 4.78 is 0. The number of carbonyl (C=O) groups excluding carboxylic acids is 2. The van der Waals surface area contributed by atoms with E-state index in [1.807, 2.05) is 18.2 Å². The molecule has 1 aromatic carbocycles. The van der Waals surface area contributed by atoms with Crippen LogP contribution < -0.4 is 5.73 Å². The number of thioether (sulfide) groups is 1. The van der Waals surface area contributed by atoms with E-state index in [0.717, 1.165) is 17.3 Å². The second kappa shape index (κ2) is 5.73. The summed E-state index contributed by atoms with van der Waals surface area (Å²) in [5.41, 5.74) is 6.33. The molecule has 1 unspecified atom stereocenters. The minimum atomic E-state index is -0.359. The molecule has 6 heteroatoms. The van der Waals surface area contributed by atoms with Gasteiger partial charge in [0.25, 0.3) is 5.24 Å². The number of carbonyl (C=O) groups is 2. The van der Waals surface area contributed by atoms with Gasteiger partial charge in [0.1, 0.15) is 0 Å². The molecule has 1 aliphatic rings. The van der Waals surface area contributed by atoms with Gasteiger partial charge in [-0.05, 0) is 24.1 Å². The Morgan fingerprint density at radius 1 is 1.39 bits per heavy atom. The molecule has 1 fully saturated rings. The van der Waals surface area contributed by atoms with Gasteiger partial charge < -0.3 is 5.73 Å². The van der Waals surface area contributed by atoms with Gasteiger partial charge in [0.15, 0.2) is 0 Å². The van der Waals surface area contributed by atoms with Crippen molar-refractivity contribution >= 4 is 34.5 Å². The summed E-state index contributed by atoms with van der Waals surface area (Å²) in [5.74, 6) is -0.157. The van der Waals surface area contributed by atoms with Crippen LogP contribution in [-0.2, 0) is 11.2 Å². The van der Waals surface area contributed by atoms with Crippen molar-refractivity contribution in [3.63, 3.8) is 0 Å². The van der Waals surface area contributed by atoms with E-state index in [2.05, 4.69) is 0 Å². The molecular formula is C12H13ClN2O2S. The van der Waals surface area contributed by atoms with Crippen molar-refractivity contribution in [2.45, 2.75) is 11.7 Å². The molecular weight excluding hydrogens is 272 g/mol. The molecule has 2 rings (SSSR count). The Bertz CT molecular complexity index is 481. The molecule has 18 heavy (non-hydrogen) atoms. The number of amides is 2. The fraction of sp³-hybridized carbons (Fsp3) is 0.333. The molecule has 1 atom stereocenters. The van der Waals surface area contributed by atoms with Gasteiger partial charge in [0, 0.05) is 18.1 Å². The molecule has 0 aromatic heterocycles. The Morgan fingerprint density at radius 3 is 2.83 bits per heavy atom. The minimum Gasteiger partial charge on any atom is -0.329 e. The lowest BCUT2D eigenvalue weighted by Crippen LogP contribution is -2.36. The average Bonchev–Trinajstić information content (AvgIpc) is 2.57. The number of nitrogens with two attached hydrogens (primary N) is 1. The van der Waals surface area contributed by atoms with Crippen LogP contribution >= 0.6 is 23.4 Å². The van der Waals surface area contributed by atoms with Crippen LogP contribution in [-0.4, -0.2) is 34.4 Å². The molecule has 1 saturated heterocycles. The van der Waals surface area contributed by atoms with Gasteiger partial charge >= 0.3 is 0 Å². The lowest BCUT2D eigenvalue weighted by Gasteiger charge is -2.12. The zero-order valence-electron chi connectivity index (χ0n) is 9.64. The van der Waals surface area contributed by atoms with E-state index in [1.54, 1.807) is 6.07 Å². The van der Waals surface area contributed by atoms with Gasteiger partial charge in [-0.2, -0.15) is 0 Å². The zero-order valence-corrected chi connectivity index (χ0v) is 11.2. The number of benzene rings is 1. The Labute approximate surface area is 114 Å². The van der Waals surface area contributed by atoms with Gasteiger partial charge in [-0.3, -0.25) is 14.5 Å². The average molecular weight is 285 g/mol. The van der Waals surface area contributed by atoms with Gasteiger partial charge in [-0.15, -0.1) is 0 Å². The molecule has 1 heterocycles. The normalized spacial score (nSPS) is 19.7. The van der Waals surface area contributed by atoms with Gasteiger partial charge in [-0.25, -0.2) is 0 Å². The van der Waals surface area contributed by atoms with E-state index in [9.17, 15) is 9.59 Å². The Hall–Kier alpha value is -1.04. The highest BCUT2D eigenvalue weighted by molar-refractivity contribution is 8.15. The smallest absolute Gasteiger partial charge is 0.289 e. The van der Waals surface area contributed by atoms with E-state index in [0.29, 0.717) is 18.0 Å². The highest BCUT2D eigenvalue weighted by atomic mass is 35.5. The first kappa shape index (κ1) is 13.4. The Balaban J connectivity index is 2.07. The molecule has 0 spiro atoms. The van der Waals surface area contributed by atoms with Crippen LogP contribution in [0.3, 0.4) is 0 Å². The van der Waals surface area contributed by atoms with Crippen molar-refractivity contribution < 1.29 is 9.59 Å². The molecule has 1 aliphatic heterocycles. The van der Waals surface area contributed by atoms with Crippen LogP contribution in [0.5, 0.6) is 0 Å². The predicted molar refractivity (Wildman–Crippen MR) is 72.7 cm³/mol. The summed E-state index contributed by atoms with van der Waals surface area (Å²) in [7, 11) is 0. The summed E-state index contributed by atoms with van der Waals surface area (Å²) in [6.45, 7) is 0.582. The fourth-order valence-corrected chi connectivity index (χ4v) is 3.11. The maximum absolute atomic E-state index is 12.0. The van der Waals surface area contributed by atoms with E-state index in [-0.39, 0.29) is 22.9 Å². The summed E-state index contributed by atoms with van der Waals surface area (Å²) in [5, 5.41) is 0.0630. The van der Waals surface area contributed by atoms with E-state index in [4.69, 9.17) is 17.3 Å². The first-order valence-corrected chi connectivity index (χ1v) is 6.84. The number of nitrogens with zero attached hydrogens (tertiary/aromatic N) is 1. The summed E-state index contributed by atoms with van der Waals surface area (Å²) in [4.78, 5) is 24.8. The van der Waals surface area contributed by atoms with Gasteiger partial charge in [-0.1, -0.05) is 35.5 Å². The molecule has 2 N–H and O–H groups in total. The SMILES string of the molecule is NCCN1C(=O)SC(Cc2cccc(Cl)c2)C1=O. The second-order valence-electron chi connectivity index (χ2n) is 3.98. The third-order valence-corrected chi connectivity index (χ3v) is 3.98. The van der Waals surface area contributed by atoms with Crippen LogP contribution in [0.2, 0.25) is 5.02 Å². The molecule has 2 amide bonds. The van der Waals surface area contributed by atoms with Crippen molar-refractivity contribution in [1.29, 1.82) is 0 Å². The Morgan fingerprint density at radius 2 is 2.17 bits per heavy atom. The zero-order chi connectivity index (χ0) is 13.1. The third kappa shape index (κ3) is 2.85. The van der Waals surface area contributed by atoms with E-state index in [1.165, 1.54) is 4.90 Å². The summed E-state index contributed by atoms with van der Waals surface area (Å²) in [6.07, 6.45) is 0.511. The molecule has 1 aromatic rings. The van der Waals surface area contributed by atoms with Crippen LogP contribution in [0.4, 0.5) is 4.79 Å². The highest BCUT2D eigenvalue weighted by Crippen LogP contribution is 2.29. The highest BCUT2D eigenvalue weighted by Gasteiger charge is 2.38. The fourth-order valence-electron chi connectivity index (χ4n) is 1.84. The molecule has 0 aliphatic carbocycles. The topological polar surface area (TPSA) is 63.4 Å². The standard InChI is InChI=1S/C12H13ClN2O2S/c13-9-3-1-2-8(6-9)7-10-11(16)15(5-4-14)12(17)18-10/h1-3,6,10H,4-5,7,14H2. The second-order valence-corrected chi connectivity index (χ2v) is 5.58. The number of imide groups is 1. The Kier molecular flexibility index (Phi) is 4.27. The molecule has 4 nitrogen and oxygen atoms in total.